The van der Waals surface area contributed by atoms with Crippen LogP contribution < -0.4 is 0 Å². The van der Waals surface area contributed by atoms with Crippen LogP contribution in [0.5, 0.6) is 0 Å². The third kappa shape index (κ3) is 2.57. The van der Waals surface area contributed by atoms with E-state index < -0.39 is 0 Å². The minimum atomic E-state index is -0.0253. The van der Waals surface area contributed by atoms with Crippen molar-refractivity contribution >= 4 is 6.41 Å². The van der Waals surface area contributed by atoms with E-state index in [1.54, 1.807) is 4.90 Å². The number of likely N-dealkylation sites (tertiary alicyclic amines) is 1. The second kappa shape index (κ2) is 4.94. The first-order chi connectivity index (χ1) is 7.40. The largest absolute Gasteiger partial charge is 0.354 e. The van der Waals surface area contributed by atoms with Crippen LogP contribution in [0, 0.1) is 0 Å². The molecule has 2 rings (SSSR count). The van der Waals surface area contributed by atoms with Gasteiger partial charge in [0.25, 0.3) is 0 Å². The summed E-state index contributed by atoms with van der Waals surface area (Å²) in [4.78, 5) is 12.4. The average molecular weight is 205 g/mol. The second-order valence-electron chi connectivity index (χ2n) is 3.74. The Bertz CT molecular complexity index is 313. The van der Waals surface area contributed by atoms with Crippen LogP contribution in [0.15, 0.2) is 30.3 Å². The highest BCUT2D eigenvalue weighted by molar-refractivity contribution is 5.47. The summed E-state index contributed by atoms with van der Waals surface area (Å²) in [6.07, 6.45) is 2.84. The zero-order valence-corrected chi connectivity index (χ0v) is 8.63. The lowest BCUT2D eigenvalue weighted by Crippen LogP contribution is -2.30. The summed E-state index contributed by atoms with van der Waals surface area (Å²) < 4.78 is 5.69. The van der Waals surface area contributed by atoms with Crippen molar-refractivity contribution in [1.29, 1.82) is 0 Å². The Hall–Kier alpha value is -1.35. The van der Waals surface area contributed by atoms with E-state index in [1.165, 1.54) is 0 Å². The van der Waals surface area contributed by atoms with Crippen LogP contribution >= 0.6 is 0 Å². The van der Waals surface area contributed by atoms with Crippen molar-refractivity contribution in [3.63, 3.8) is 0 Å². The van der Waals surface area contributed by atoms with Crippen LogP contribution in [-0.2, 0) is 16.1 Å². The Morgan fingerprint density at radius 1 is 1.40 bits per heavy atom. The molecule has 1 aliphatic rings. The minimum absolute atomic E-state index is 0.0253. The zero-order valence-electron chi connectivity index (χ0n) is 8.63. The molecule has 1 aliphatic heterocycles. The molecule has 3 nitrogen and oxygen atoms in total. The number of nitrogens with zero attached hydrogens (tertiary/aromatic N) is 1. The highest BCUT2D eigenvalue weighted by Crippen LogP contribution is 2.17. The number of carbonyl (C=O) groups excluding carboxylic acids is 1. The predicted octanol–water partition coefficient (Wildman–Crippen LogP) is 1.78. The molecular weight excluding hydrogens is 190 g/mol. The lowest BCUT2D eigenvalue weighted by atomic mass is 10.2. The van der Waals surface area contributed by atoms with Crippen molar-refractivity contribution in [2.45, 2.75) is 25.7 Å². The second-order valence-corrected chi connectivity index (χ2v) is 3.74. The van der Waals surface area contributed by atoms with Gasteiger partial charge in [-0.15, -0.1) is 0 Å². The molecule has 0 aliphatic carbocycles. The molecule has 1 saturated heterocycles. The van der Waals surface area contributed by atoms with Crippen molar-refractivity contribution in [3.8, 4) is 0 Å². The average Bonchev–Trinajstić information content (AvgIpc) is 2.75. The van der Waals surface area contributed by atoms with Crippen molar-refractivity contribution in [2.75, 3.05) is 6.54 Å². The molecule has 0 aromatic heterocycles. The van der Waals surface area contributed by atoms with Gasteiger partial charge in [0.2, 0.25) is 6.41 Å². The van der Waals surface area contributed by atoms with Crippen LogP contribution in [0.4, 0.5) is 0 Å². The van der Waals surface area contributed by atoms with E-state index in [0.717, 1.165) is 31.4 Å². The fraction of sp³-hybridized carbons (Fsp3) is 0.417. The van der Waals surface area contributed by atoms with Gasteiger partial charge in [-0.05, 0) is 18.4 Å². The Morgan fingerprint density at radius 2 is 2.20 bits per heavy atom. The molecule has 1 atom stereocenters. The first kappa shape index (κ1) is 10.2. The number of rotatable bonds is 4. The normalized spacial score (nSPS) is 20.5. The SMILES string of the molecule is O=CN1CCCC1OCc1ccccc1. The fourth-order valence-corrected chi connectivity index (χ4v) is 1.82. The summed E-state index contributed by atoms with van der Waals surface area (Å²) in [6.45, 7) is 1.40. The van der Waals surface area contributed by atoms with Crippen LogP contribution in [-0.4, -0.2) is 24.1 Å². The van der Waals surface area contributed by atoms with Gasteiger partial charge in [0, 0.05) is 6.54 Å². The number of carbonyl (C=O) groups is 1. The molecule has 0 bridgehead atoms. The highest BCUT2D eigenvalue weighted by atomic mass is 16.5. The van der Waals surface area contributed by atoms with E-state index in [4.69, 9.17) is 4.74 Å². The lowest BCUT2D eigenvalue weighted by molar-refractivity contribution is -0.129. The van der Waals surface area contributed by atoms with Gasteiger partial charge in [0.15, 0.2) is 0 Å². The molecule has 1 aromatic rings. The van der Waals surface area contributed by atoms with Crippen LogP contribution in [0.2, 0.25) is 0 Å². The lowest BCUT2D eigenvalue weighted by Gasteiger charge is -2.20. The fourth-order valence-electron chi connectivity index (χ4n) is 1.82. The molecule has 0 spiro atoms. The molecule has 1 heterocycles. The maximum absolute atomic E-state index is 10.7. The van der Waals surface area contributed by atoms with Gasteiger partial charge < -0.3 is 9.64 Å². The summed E-state index contributed by atoms with van der Waals surface area (Å²) in [5, 5.41) is 0. The van der Waals surface area contributed by atoms with Gasteiger partial charge in [-0.25, -0.2) is 0 Å². The molecular formula is C12H15NO2. The van der Waals surface area contributed by atoms with Gasteiger partial charge in [-0.2, -0.15) is 0 Å². The topological polar surface area (TPSA) is 29.5 Å². The third-order valence-electron chi connectivity index (χ3n) is 2.66. The molecule has 1 amide bonds. The summed E-state index contributed by atoms with van der Waals surface area (Å²) in [5.41, 5.74) is 1.15. The van der Waals surface area contributed by atoms with Crippen LogP contribution in [0.3, 0.4) is 0 Å². The third-order valence-corrected chi connectivity index (χ3v) is 2.66. The first-order valence-corrected chi connectivity index (χ1v) is 5.27. The number of ether oxygens (including phenoxy) is 1. The van der Waals surface area contributed by atoms with Gasteiger partial charge in [-0.1, -0.05) is 30.3 Å². The molecule has 1 fully saturated rings. The number of hydrogen-bond donors (Lipinski definition) is 0. The molecule has 80 valence electrons. The van der Waals surface area contributed by atoms with Gasteiger partial charge in [0.1, 0.15) is 6.23 Å². The molecule has 0 radical (unpaired) electrons. The van der Waals surface area contributed by atoms with E-state index in [2.05, 4.69) is 0 Å². The van der Waals surface area contributed by atoms with Crippen LogP contribution in [0.1, 0.15) is 18.4 Å². The first-order valence-electron chi connectivity index (χ1n) is 5.27. The maximum Gasteiger partial charge on any atom is 0.211 e. The van der Waals surface area contributed by atoms with E-state index in [-0.39, 0.29) is 6.23 Å². The van der Waals surface area contributed by atoms with E-state index in [1.807, 2.05) is 30.3 Å². The quantitative estimate of drug-likeness (QED) is 0.701. The Kier molecular flexibility index (Phi) is 3.35. The Morgan fingerprint density at radius 3 is 2.93 bits per heavy atom. The zero-order chi connectivity index (χ0) is 10.5. The smallest absolute Gasteiger partial charge is 0.211 e. The molecule has 15 heavy (non-hydrogen) atoms. The highest BCUT2D eigenvalue weighted by Gasteiger charge is 2.23. The molecule has 0 saturated carbocycles. The van der Waals surface area contributed by atoms with Gasteiger partial charge >= 0.3 is 0 Å². The molecule has 1 aromatic carbocycles. The number of amides is 1. The van der Waals surface area contributed by atoms with Crippen LogP contribution in [0.25, 0.3) is 0 Å². The van der Waals surface area contributed by atoms with Crippen molar-refractivity contribution in [2.24, 2.45) is 0 Å². The molecule has 1 unspecified atom stereocenters. The van der Waals surface area contributed by atoms with E-state index in [0.29, 0.717) is 6.61 Å². The molecule has 0 N–H and O–H groups in total. The monoisotopic (exact) mass is 205 g/mol. The Balaban J connectivity index is 1.85. The Labute approximate surface area is 89.7 Å². The maximum atomic E-state index is 10.7. The summed E-state index contributed by atoms with van der Waals surface area (Å²) >= 11 is 0. The standard InChI is InChI=1S/C12H15NO2/c14-10-13-8-4-7-12(13)15-9-11-5-2-1-3-6-11/h1-3,5-6,10,12H,4,7-9H2. The van der Waals surface area contributed by atoms with Crippen molar-refractivity contribution in [3.05, 3.63) is 35.9 Å². The van der Waals surface area contributed by atoms with Crippen molar-refractivity contribution < 1.29 is 9.53 Å². The molecule has 3 heteroatoms. The van der Waals surface area contributed by atoms with Gasteiger partial charge in [0.05, 0.1) is 6.61 Å². The summed E-state index contributed by atoms with van der Waals surface area (Å²) in [7, 11) is 0. The number of hydrogen-bond acceptors (Lipinski definition) is 2. The summed E-state index contributed by atoms with van der Waals surface area (Å²) in [6, 6.07) is 10.0. The van der Waals surface area contributed by atoms with Crippen molar-refractivity contribution in [1.82, 2.24) is 4.90 Å². The minimum Gasteiger partial charge on any atom is -0.354 e. The number of benzene rings is 1. The predicted molar refractivity (Wildman–Crippen MR) is 57.0 cm³/mol. The summed E-state index contributed by atoms with van der Waals surface area (Å²) in [5.74, 6) is 0. The van der Waals surface area contributed by atoms with E-state index in [9.17, 15) is 4.79 Å². The van der Waals surface area contributed by atoms with Gasteiger partial charge in [-0.3, -0.25) is 4.79 Å². The van der Waals surface area contributed by atoms with E-state index >= 15 is 0 Å².